The van der Waals surface area contributed by atoms with Gasteiger partial charge in [-0.1, -0.05) is 55.0 Å². The van der Waals surface area contributed by atoms with Crippen molar-refractivity contribution in [3.05, 3.63) is 95.6 Å². The Labute approximate surface area is 347 Å². The molecule has 16 heteroatoms. The average molecular weight is 842 g/mol. The largest absolute Gasteiger partial charge is 0.494 e. The molecule has 4 rings (SSSR count). The number of carboxylic acids is 1. The normalized spacial score (nSPS) is 14.1. The molecule has 0 bridgehead atoms. The molecule has 3 aromatic rings. The van der Waals surface area contributed by atoms with Gasteiger partial charge in [0.05, 0.1) is 57.8 Å². The molecule has 1 aliphatic rings. The number of nitrogens with zero attached hydrogens (tertiary/aromatic N) is 1. The molecule has 0 aliphatic carbocycles. The third-order valence-electron chi connectivity index (χ3n) is 9.56. The number of aliphatic carboxylic acids is 1. The van der Waals surface area contributed by atoms with Gasteiger partial charge in [0, 0.05) is 12.1 Å². The number of carbonyl (C=O) groups excluding carboxylic acids is 2. The van der Waals surface area contributed by atoms with Crippen LogP contribution in [-0.4, -0.2) is 128 Å². The summed E-state index contributed by atoms with van der Waals surface area (Å²) in [6.45, 7) is 4.58. The van der Waals surface area contributed by atoms with Crippen LogP contribution in [0, 0.1) is 5.92 Å². The lowest BCUT2D eigenvalue weighted by Crippen LogP contribution is -2.43. The zero-order valence-electron chi connectivity index (χ0n) is 33.9. The molecule has 3 N–H and O–H groups in total. The fourth-order valence-electron chi connectivity index (χ4n) is 6.25. The second kappa shape index (κ2) is 26.6. The zero-order chi connectivity index (χ0) is 42.1. The number of carbonyl (C=O) groups is 3. The number of esters is 1. The van der Waals surface area contributed by atoms with E-state index in [-0.39, 0.29) is 63.1 Å². The molecule has 0 radical (unpaired) electrons. The monoisotopic (exact) mass is 841 g/mol. The van der Waals surface area contributed by atoms with Gasteiger partial charge < -0.3 is 43.7 Å². The van der Waals surface area contributed by atoms with E-state index < -0.39 is 33.9 Å². The third kappa shape index (κ3) is 19.0. The number of amides is 1. The Morgan fingerprint density at radius 3 is 2.12 bits per heavy atom. The fraction of sp³-hybridized carbons (Fsp3) is 0.512. The van der Waals surface area contributed by atoms with E-state index in [2.05, 4.69) is 22.0 Å². The molecule has 0 unspecified atom stereocenters. The lowest BCUT2D eigenvalue weighted by atomic mass is 9.92. The number of benzene rings is 3. The predicted molar refractivity (Wildman–Crippen MR) is 220 cm³/mol. The predicted octanol–water partition coefficient (Wildman–Crippen LogP) is 4.09. The van der Waals surface area contributed by atoms with Crippen molar-refractivity contribution in [1.82, 2.24) is 14.9 Å². The van der Waals surface area contributed by atoms with Gasteiger partial charge in [-0.05, 0) is 99.6 Å². The van der Waals surface area contributed by atoms with Crippen LogP contribution in [0.4, 0.5) is 0 Å². The maximum absolute atomic E-state index is 13.7. The number of carboxylic acid groups (broad SMARTS) is 1. The molecule has 1 saturated heterocycles. The quantitative estimate of drug-likeness (QED) is 0.0671. The summed E-state index contributed by atoms with van der Waals surface area (Å²) in [5.41, 5.74) is 1.58. The minimum Gasteiger partial charge on any atom is -0.494 e. The van der Waals surface area contributed by atoms with Crippen molar-refractivity contribution in [2.75, 3.05) is 86.1 Å². The number of nitrogens with one attached hydrogen (secondary N) is 2. The van der Waals surface area contributed by atoms with Gasteiger partial charge in [-0.15, -0.1) is 0 Å². The Morgan fingerprint density at radius 1 is 0.780 bits per heavy atom. The van der Waals surface area contributed by atoms with E-state index in [0.717, 1.165) is 24.3 Å². The van der Waals surface area contributed by atoms with Crippen molar-refractivity contribution >= 4 is 27.9 Å². The molecule has 15 nitrogen and oxygen atoms in total. The number of unbranched alkanes of at least 4 members (excludes halogenated alkanes) is 1. The SMILES string of the molecule is CN1CCC(CCCCOc2ccc(C[C@H](NS(=O)(=O)c3cccc(C(=O)NCCOCCOCCOCCOCC(=O)O)c3)C(=O)OCc3ccccc3)cc2)CC1. The van der Waals surface area contributed by atoms with E-state index in [4.69, 9.17) is 33.5 Å². The molecule has 1 aliphatic heterocycles. The highest BCUT2D eigenvalue weighted by molar-refractivity contribution is 7.89. The molecule has 3 aromatic carbocycles. The van der Waals surface area contributed by atoms with Crippen LogP contribution >= 0.6 is 0 Å². The van der Waals surface area contributed by atoms with Crippen LogP contribution in [0.5, 0.6) is 5.75 Å². The Bertz CT molecular complexity index is 1790. The van der Waals surface area contributed by atoms with Crippen molar-refractivity contribution in [3.8, 4) is 5.75 Å². The van der Waals surface area contributed by atoms with E-state index >= 15 is 0 Å². The van der Waals surface area contributed by atoms with Gasteiger partial charge in [-0.3, -0.25) is 9.59 Å². The van der Waals surface area contributed by atoms with Crippen molar-refractivity contribution in [1.29, 1.82) is 0 Å². The second-order valence-electron chi connectivity index (χ2n) is 14.3. The Kier molecular flexibility index (Phi) is 21.3. The number of ether oxygens (including phenoxy) is 6. The van der Waals surface area contributed by atoms with Crippen molar-refractivity contribution in [2.24, 2.45) is 5.92 Å². The molecule has 1 heterocycles. The van der Waals surface area contributed by atoms with E-state index in [0.29, 0.717) is 37.7 Å². The number of hydrogen-bond acceptors (Lipinski definition) is 12. The molecule has 1 atom stereocenters. The first kappa shape index (κ1) is 47.3. The van der Waals surface area contributed by atoms with Gasteiger partial charge in [-0.2, -0.15) is 4.72 Å². The summed E-state index contributed by atoms with van der Waals surface area (Å²) in [6.07, 6.45) is 5.85. The highest BCUT2D eigenvalue weighted by atomic mass is 32.2. The molecule has 0 aromatic heterocycles. The van der Waals surface area contributed by atoms with Crippen LogP contribution in [0.3, 0.4) is 0 Å². The smallest absolute Gasteiger partial charge is 0.329 e. The lowest BCUT2D eigenvalue weighted by Gasteiger charge is -2.28. The Hall–Kier alpha value is -4.42. The topological polar surface area (TPSA) is 188 Å². The van der Waals surface area contributed by atoms with Crippen molar-refractivity contribution < 1.29 is 56.3 Å². The average Bonchev–Trinajstić information content (AvgIpc) is 3.24. The lowest BCUT2D eigenvalue weighted by molar-refractivity contribution is -0.147. The van der Waals surface area contributed by atoms with Gasteiger partial charge in [0.25, 0.3) is 5.91 Å². The summed E-state index contributed by atoms with van der Waals surface area (Å²) in [7, 11) is -2.11. The molecule has 1 fully saturated rings. The summed E-state index contributed by atoms with van der Waals surface area (Å²) in [5.74, 6) is -0.782. The van der Waals surface area contributed by atoms with Crippen LogP contribution in [0.2, 0.25) is 0 Å². The first-order valence-corrected chi connectivity index (χ1v) is 21.6. The second-order valence-corrected chi connectivity index (χ2v) is 16.0. The van der Waals surface area contributed by atoms with Gasteiger partial charge in [-0.25, -0.2) is 13.2 Å². The number of likely N-dealkylation sites (tertiary alicyclic amines) is 1. The van der Waals surface area contributed by atoms with Crippen molar-refractivity contribution in [3.63, 3.8) is 0 Å². The standard InChI is InChI=1S/C43H59N3O12S/c1-46-20-17-34(18-21-46)8-5-6-22-57-38-15-13-35(14-16-38)30-40(43(50)58-32-36-9-3-2-4-10-36)45-59(51,52)39-12-7-11-37(31-39)42(49)44-19-23-53-24-25-54-26-27-55-28-29-56-33-41(47)48/h2-4,7,9-16,31,34,40,45H,5-6,8,17-30,32-33H2,1H3,(H,44,49)(H,47,48)/t40-/m0/s1. The number of hydrogen-bond donors (Lipinski definition) is 3. The number of piperidine rings is 1. The minimum absolute atomic E-state index is 0.0221. The number of rotatable bonds is 29. The Morgan fingerprint density at radius 2 is 1.44 bits per heavy atom. The van der Waals surface area contributed by atoms with E-state index in [1.165, 1.54) is 56.6 Å². The Balaban J connectivity index is 1.23. The van der Waals surface area contributed by atoms with Crippen LogP contribution in [0.25, 0.3) is 0 Å². The summed E-state index contributed by atoms with van der Waals surface area (Å²) < 4.78 is 62.5. The van der Waals surface area contributed by atoms with Crippen LogP contribution in [0.15, 0.2) is 83.8 Å². The van der Waals surface area contributed by atoms with Crippen LogP contribution in [-0.2, 0) is 56.3 Å². The van der Waals surface area contributed by atoms with Crippen LogP contribution < -0.4 is 14.8 Å². The third-order valence-corrected chi connectivity index (χ3v) is 11.0. The maximum Gasteiger partial charge on any atom is 0.329 e. The molecule has 324 valence electrons. The van der Waals surface area contributed by atoms with Gasteiger partial charge in [0.15, 0.2) is 0 Å². The number of sulfonamides is 1. The van der Waals surface area contributed by atoms with E-state index in [1.54, 1.807) is 0 Å². The van der Waals surface area contributed by atoms with Crippen molar-refractivity contribution in [2.45, 2.75) is 56.1 Å². The first-order chi connectivity index (χ1) is 28.6. The maximum atomic E-state index is 13.7. The molecule has 0 spiro atoms. The molecular weight excluding hydrogens is 783 g/mol. The summed E-state index contributed by atoms with van der Waals surface area (Å²) in [6, 6.07) is 20.7. The van der Waals surface area contributed by atoms with E-state index in [1.807, 2.05) is 54.6 Å². The summed E-state index contributed by atoms with van der Waals surface area (Å²) >= 11 is 0. The fourth-order valence-corrected chi connectivity index (χ4v) is 7.48. The molecule has 0 saturated carbocycles. The van der Waals surface area contributed by atoms with Crippen LogP contribution in [0.1, 0.15) is 53.6 Å². The molecular formula is C43H59N3O12S. The zero-order valence-corrected chi connectivity index (χ0v) is 34.7. The van der Waals surface area contributed by atoms with E-state index in [9.17, 15) is 22.8 Å². The van der Waals surface area contributed by atoms with Gasteiger partial charge in [0.1, 0.15) is 25.0 Å². The minimum atomic E-state index is -4.28. The van der Waals surface area contributed by atoms with Gasteiger partial charge in [0.2, 0.25) is 10.0 Å². The van der Waals surface area contributed by atoms with Gasteiger partial charge >= 0.3 is 11.9 Å². The highest BCUT2D eigenvalue weighted by Crippen LogP contribution is 2.22. The first-order valence-electron chi connectivity index (χ1n) is 20.1. The highest BCUT2D eigenvalue weighted by Gasteiger charge is 2.28. The molecule has 1 amide bonds. The molecule has 59 heavy (non-hydrogen) atoms. The summed E-state index contributed by atoms with van der Waals surface area (Å²) in [5, 5.41) is 11.2. The summed E-state index contributed by atoms with van der Waals surface area (Å²) in [4.78, 5) is 38.9.